The molecule has 0 unspecified atom stereocenters. The maximum Gasteiger partial charge on any atom is 0.264 e. The minimum absolute atomic E-state index is 0.0783. The molecule has 0 saturated heterocycles. The van der Waals surface area contributed by atoms with Crippen molar-refractivity contribution in [2.75, 3.05) is 31.4 Å². The van der Waals surface area contributed by atoms with Gasteiger partial charge in [0.05, 0.1) is 18.1 Å². The Morgan fingerprint density at radius 2 is 0.641 bits per heavy atom. The molecule has 0 rings (SSSR count). The molecule has 1 N–H and O–H groups in total. The predicted octanol–water partition coefficient (Wildman–Crippen LogP) is 12.3. The maximum absolute atomic E-state index is 10.5. The number of rotatable bonds is 29. The van der Waals surface area contributed by atoms with Crippen LogP contribution >= 0.6 is 7.26 Å². The molecule has 3 nitrogen and oxygen atoms in total. The van der Waals surface area contributed by atoms with E-state index in [4.69, 9.17) is 4.55 Å². The van der Waals surface area contributed by atoms with Crippen molar-refractivity contribution < 1.29 is 13.0 Å². The highest BCUT2D eigenvalue weighted by Gasteiger charge is 2.23. The molecule has 0 aliphatic heterocycles. The van der Waals surface area contributed by atoms with Crippen LogP contribution in [0, 0.1) is 0 Å². The second kappa shape index (κ2) is 31.3. The molecule has 0 aromatic heterocycles. The fourth-order valence-electron chi connectivity index (χ4n) is 5.23. The van der Waals surface area contributed by atoms with E-state index in [1.54, 1.807) is 12.3 Å². The Morgan fingerprint density at radius 3 is 0.897 bits per heavy atom. The quantitative estimate of drug-likeness (QED) is 0.0533. The largest absolute Gasteiger partial charge is 0.286 e. The fraction of sp³-hybridized carbons (Fsp3) is 1.00. The lowest BCUT2D eigenvalue weighted by Crippen LogP contribution is -2.03. The van der Waals surface area contributed by atoms with Crippen LogP contribution in [0.3, 0.4) is 0 Å². The molecule has 238 valence electrons. The molecule has 0 amide bonds. The molecule has 0 aliphatic rings. The van der Waals surface area contributed by atoms with Gasteiger partial charge in [0.25, 0.3) is 10.1 Å². The van der Waals surface area contributed by atoms with Crippen molar-refractivity contribution in [1.82, 2.24) is 0 Å². The third-order valence-electron chi connectivity index (χ3n) is 7.99. The Hall–Kier alpha value is 0.340. The second-order valence-electron chi connectivity index (χ2n) is 12.8. The molecule has 5 heteroatoms. The van der Waals surface area contributed by atoms with Gasteiger partial charge in [0, 0.05) is 20.6 Å². The molecule has 0 saturated carbocycles. The molecule has 0 fully saturated rings. The summed E-state index contributed by atoms with van der Waals surface area (Å²) in [6.07, 6.45) is 38.0. The SMILES string of the molecule is CCCCCCCCCCCCCCCCS(=O)(=O)O.CCCCCCCC[P+](C)(C)CCCCCCCC. The van der Waals surface area contributed by atoms with Crippen LogP contribution in [0.4, 0.5) is 0 Å². The topological polar surface area (TPSA) is 54.4 Å². The molecule has 0 aromatic rings. The number of unbranched alkanes of at least 4 members (excludes halogenated alkanes) is 23. The number of hydrogen-bond donors (Lipinski definition) is 1. The molecule has 39 heavy (non-hydrogen) atoms. The van der Waals surface area contributed by atoms with E-state index >= 15 is 0 Å². The van der Waals surface area contributed by atoms with E-state index in [1.165, 1.54) is 148 Å². The summed E-state index contributed by atoms with van der Waals surface area (Å²) in [6.45, 7) is 12.0. The van der Waals surface area contributed by atoms with E-state index in [0.717, 1.165) is 12.8 Å². The summed E-state index contributed by atoms with van der Waals surface area (Å²) >= 11 is 0. The van der Waals surface area contributed by atoms with Gasteiger partial charge in [-0.2, -0.15) is 8.42 Å². The van der Waals surface area contributed by atoms with E-state index < -0.39 is 17.4 Å². The first-order valence-corrected chi connectivity index (χ1v) is 22.1. The summed E-state index contributed by atoms with van der Waals surface area (Å²) in [5.41, 5.74) is 0. The maximum atomic E-state index is 10.5. The van der Waals surface area contributed by atoms with Crippen LogP contribution < -0.4 is 0 Å². The second-order valence-corrected chi connectivity index (χ2v) is 19.1. The molecule has 0 radical (unpaired) electrons. The van der Waals surface area contributed by atoms with Crippen LogP contribution in [0.25, 0.3) is 0 Å². The Labute approximate surface area is 249 Å². The van der Waals surface area contributed by atoms with Gasteiger partial charge < -0.3 is 0 Å². The van der Waals surface area contributed by atoms with Crippen LogP contribution in [0.5, 0.6) is 0 Å². The van der Waals surface area contributed by atoms with Gasteiger partial charge in [0.1, 0.15) is 0 Å². The summed E-state index contributed by atoms with van der Waals surface area (Å²) in [7, 11) is -4.29. The Balaban J connectivity index is 0. The van der Waals surface area contributed by atoms with Gasteiger partial charge in [-0.3, -0.25) is 4.55 Å². The van der Waals surface area contributed by atoms with Gasteiger partial charge in [0.2, 0.25) is 0 Å². The smallest absolute Gasteiger partial charge is 0.264 e. The van der Waals surface area contributed by atoms with Crippen molar-refractivity contribution >= 4 is 17.4 Å². The van der Waals surface area contributed by atoms with Gasteiger partial charge in [0.15, 0.2) is 0 Å². The van der Waals surface area contributed by atoms with Gasteiger partial charge in [-0.1, -0.05) is 156 Å². The van der Waals surface area contributed by atoms with Crippen LogP contribution in [0.2, 0.25) is 0 Å². The van der Waals surface area contributed by atoms with Crippen molar-refractivity contribution in [2.45, 2.75) is 188 Å². The van der Waals surface area contributed by atoms with Gasteiger partial charge in [-0.25, -0.2) is 0 Å². The van der Waals surface area contributed by atoms with E-state index in [0.29, 0.717) is 6.42 Å². The van der Waals surface area contributed by atoms with Crippen molar-refractivity contribution in [3.8, 4) is 0 Å². The van der Waals surface area contributed by atoms with Crippen molar-refractivity contribution in [3.63, 3.8) is 0 Å². The van der Waals surface area contributed by atoms with E-state index in [9.17, 15) is 8.42 Å². The third-order valence-corrected chi connectivity index (χ3v) is 11.8. The zero-order valence-electron chi connectivity index (χ0n) is 27.6. The van der Waals surface area contributed by atoms with Crippen LogP contribution in [0.15, 0.2) is 0 Å². The highest BCUT2D eigenvalue weighted by atomic mass is 32.2. The molecule has 0 bridgehead atoms. The highest BCUT2D eigenvalue weighted by Crippen LogP contribution is 2.52. The normalized spacial score (nSPS) is 11.9. The van der Waals surface area contributed by atoms with E-state index in [2.05, 4.69) is 34.1 Å². The molecule has 0 spiro atoms. The Morgan fingerprint density at radius 1 is 0.410 bits per heavy atom. The minimum Gasteiger partial charge on any atom is -0.286 e. The molecule has 0 aromatic carbocycles. The first-order chi connectivity index (χ1) is 18.7. The molecule has 0 aliphatic carbocycles. The first kappa shape index (κ1) is 41.5. The van der Waals surface area contributed by atoms with E-state index in [1.807, 2.05) is 0 Å². The van der Waals surface area contributed by atoms with Crippen molar-refractivity contribution in [1.29, 1.82) is 0 Å². The third kappa shape index (κ3) is 40.5. The summed E-state index contributed by atoms with van der Waals surface area (Å²) in [4.78, 5) is 0. The van der Waals surface area contributed by atoms with Crippen LogP contribution in [-0.4, -0.2) is 44.4 Å². The summed E-state index contributed by atoms with van der Waals surface area (Å²) < 4.78 is 29.6. The standard InChI is InChI=1S/C18H40P.C16H34O3S/c1-5-7-9-11-13-15-17-19(3,4)18-16-14-12-10-8-6-2;1-2-3-4-5-6-7-8-9-10-11-12-13-14-15-16-20(17,18)19/h5-18H2,1-4H3;2-16H2,1H3,(H,17,18,19)/q+1;. The lowest BCUT2D eigenvalue weighted by Gasteiger charge is -2.18. The van der Waals surface area contributed by atoms with E-state index in [-0.39, 0.29) is 5.75 Å². The molecular formula is C34H74O3PS+. The zero-order chi connectivity index (χ0) is 29.5. The molecule has 0 heterocycles. The molecular weight excluding hydrogens is 519 g/mol. The van der Waals surface area contributed by atoms with Crippen molar-refractivity contribution in [2.24, 2.45) is 0 Å². The summed E-state index contributed by atoms with van der Waals surface area (Å²) in [6, 6.07) is 0. The minimum atomic E-state index is -3.74. The highest BCUT2D eigenvalue weighted by molar-refractivity contribution is 7.85. The van der Waals surface area contributed by atoms with Crippen molar-refractivity contribution in [3.05, 3.63) is 0 Å². The van der Waals surface area contributed by atoms with Gasteiger partial charge in [-0.15, -0.1) is 0 Å². The predicted molar refractivity (Wildman–Crippen MR) is 182 cm³/mol. The fourth-order valence-corrected chi connectivity index (χ4v) is 8.18. The average molecular weight is 594 g/mol. The first-order valence-electron chi connectivity index (χ1n) is 17.5. The lowest BCUT2D eigenvalue weighted by atomic mass is 10.0. The number of hydrogen-bond acceptors (Lipinski definition) is 2. The summed E-state index contributed by atoms with van der Waals surface area (Å²) in [5, 5.41) is 0. The zero-order valence-corrected chi connectivity index (χ0v) is 29.3. The Kier molecular flexibility index (Phi) is 33.3. The monoisotopic (exact) mass is 594 g/mol. The van der Waals surface area contributed by atoms with Gasteiger partial charge >= 0.3 is 0 Å². The average Bonchev–Trinajstić information content (AvgIpc) is 2.88. The van der Waals surface area contributed by atoms with Crippen LogP contribution in [-0.2, 0) is 10.1 Å². The summed E-state index contributed by atoms with van der Waals surface area (Å²) in [5.74, 6) is -0.0783. The molecule has 0 atom stereocenters. The van der Waals surface area contributed by atoms with Crippen LogP contribution in [0.1, 0.15) is 188 Å². The van der Waals surface area contributed by atoms with Gasteiger partial charge in [-0.05, 0) is 32.1 Å². The lowest BCUT2D eigenvalue weighted by molar-refractivity contribution is 0.478. The Bertz CT molecular complexity index is 545.